The van der Waals surface area contributed by atoms with Crippen molar-refractivity contribution < 1.29 is 4.74 Å². The number of aryl methyl sites for hydroxylation is 3. The highest BCUT2D eigenvalue weighted by atomic mass is 35.5. The van der Waals surface area contributed by atoms with E-state index in [1.54, 1.807) is 4.68 Å². The van der Waals surface area contributed by atoms with Crippen molar-refractivity contribution in [3.05, 3.63) is 40.6 Å². The third-order valence-electron chi connectivity index (χ3n) is 3.57. The Morgan fingerprint density at radius 1 is 1.24 bits per heavy atom. The molecule has 2 rings (SSSR count). The standard InChI is InChI=1S/C17H23ClN2O/c1-11-7-8-15(14(9-11)17(3,4)5)21-16-13(10-18)12(2)19-20(16)6/h7-9H,10H2,1-6H3. The van der Waals surface area contributed by atoms with Crippen LogP contribution in [-0.2, 0) is 18.3 Å². The number of rotatable bonds is 3. The average Bonchev–Trinajstić information content (AvgIpc) is 2.64. The Morgan fingerprint density at radius 3 is 2.48 bits per heavy atom. The molecule has 1 aromatic heterocycles. The molecule has 0 fully saturated rings. The van der Waals surface area contributed by atoms with Crippen LogP contribution in [0.15, 0.2) is 18.2 Å². The van der Waals surface area contributed by atoms with E-state index in [1.165, 1.54) is 11.1 Å². The predicted octanol–water partition coefficient (Wildman–Crippen LogP) is 4.87. The molecule has 21 heavy (non-hydrogen) atoms. The zero-order chi connectivity index (χ0) is 15.8. The van der Waals surface area contributed by atoms with Crippen molar-refractivity contribution in [2.24, 2.45) is 7.05 Å². The van der Waals surface area contributed by atoms with Crippen LogP contribution < -0.4 is 4.74 Å². The summed E-state index contributed by atoms with van der Waals surface area (Å²) in [7, 11) is 1.88. The van der Waals surface area contributed by atoms with Crippen molar-refractivity contribution >= 4 is 11.6 Å². The molecule has 0 amide bonds. The van der Waals surface area contributed by atoms with Gasteiger partial charge in [-0.25, -0.2) is 4.68 Å². The van der Waals surface area contributed by atoms with Crippen molar-refractivity contribution in [1.29, 1.82) is 0 Å². The van der Waals surface area contributed by atoms with E-state index >= 15 is 0 Å². The molecule has 0 radical (unpaired) electrons. The van der Waals surface area contributed by atoms with Crippen molar-refractivity contribution in [2.45, 2.75) is 45.9 Å². The van der Waals surface area contributed by atoms with Gasteiger partial charge in [-0.2, -0.15) is 5.10 Å². The van der Waals surface area contributed by atoms with Crippen molar-refractivity contribution in [2.75, 3.05) is 0 Å². The molecule has 0 spiro atoms. The van der Waals surface area contributed by atoms with E-state index in [9.17, 15) is 0 Å². The van der Waals surface area contributed by atoms with E-state index in [0.717, 1.165) is 22.9 Å². The molecular weight excluding hydrogens is 284 g/mol. The minimum absolute atomic E-state index is 0.0100. The normalized spacial score (nSPS) is 11.8. The van der Waals surface area contributed by atoms with E-state index < -0.39 is 0 Å². The lowest BCUT2D eigenvalue weighted by atomic mass is 9.85. The Labute approximate surface area is 131 Å². The lowest BCUT2D eigenvalue weighted by Crippen LogP contribution is -2.13. The maximum absolute atomic E-state index is 6.18. The number of halogens is 1. The van der Waals surface area contributed by atoms with Gasteiger partial charge >= 0.3 is 0 Å². The number of aromatic nitrogens is 2. The van der Waals surface area contributed by atoms with Crippen molar-refractivity contribution in [1.82, 2.24) is 9.78 Å². The molecule has 4 heteroatoms. The molecular formula is C17H23ClN2O. The van der Waals surface area contributed by atoms with Gasteiger partial charge in [0, 0.05) is 12.6 Å². The maximum Gasteiger partial charge on any atom is 0.222 e. The summed E-state index contributed by atoms with van der Waals surface area (Å²) < 4.78 is 7.93. The zero-order valence-corrected chi connectivity index (χ0v) is 14.4. The van der Waals surface area contributed by atoms with Crippen LogP contribution in [0.1, 0.15) is 43.2 Å². The second-order valence-corrected chi connectivity index (χ2v) is 6.75. The number of hydrogen-bond donors (Lipinski definition) is 0. The highest BCUT2D eigenvalue weighted by Crippen LogP contribution is 2.36. The molecule has 0 aliphatic heterocycles. The van der Waals surface area contributed by atoms with Crippen molar-refractivity contribution in [3.8, 4) is 11.6 Å². The number of benzene rings is 1. The van der Waals surface area contributed by atoms with Gasteiger partial charge in [-0.05, 0) is 25.3 Å². The number of alkyl halides is 1. The molecule has 114 valence electrons. The average molecular weight is 307 g/mol. The molecule has 0 aliphatic rings. The van der Waals surface area contributed by atoms with Gasteiger partial charge < -0.3 is 4.74 Å². The van der Waals surface area contributed by atoms with Crippen molar-refractivity contribution in [3.63, 3.8) is 0 Å². The Bertz CT molecular complexity index is 654. The van der Waals surface area contributed by atoms with Gasteiger partial charge in [0.15, 0.2) is 0 Å². The van der Waals surface area contributed by atoms with Crippen LogP contribution in [0, 0.1) is 13.8 Å². The van der Waals surface area contributed by atoms with Gasteiger partial charge in [0.25, 0.3) is 0 Å². The van der Waals surface area contributed by atoms with E-state index in [0.29, 0.717) is 5.88 Å². The summed E-state index contributed by atoms with van der Waals surface area (Å²) >= 11 is 6.04. The Hall–Kier alpha value is -1.48. The van der Waals surface area contributed by atoms with Crippen LogP contribution in [0.2, 0.25) is 0 Å². The minimum atomic E-state index is 0.0100. The molecule has 0 saturated carbocycles. The van der Waals surface area contributed by atoms with Gasteiger partial charge in [-0.3, -0.25) is 0 Å². The fraction of sp³-hybridized carbons (Fsp3) is 0.471. The Balaban J connectivity index is 2.50. The highest BCUT2D eigenvalue weighted by Gasteiger charge is 2.22. The molecule has 2 aromatic rings. The summed E-state index contributed by atoms with van der Waals surface area (Å²) in [5.41, 5.74) is 4.27. The van der Waals surface area contributed by atoms with E-state index in [4.69, 9.17) is 16.3 Å². The lowest BCUT2D eigenvalue weighted by molar-refractivity contribution is 0.411. The second-order valence-electron chi connectivity index (χ2n) is 6.48. The first kappa shape index (κ1) is 15.9. The Morgan fingerprint density at radius 2 is 1.90 bits per heavy atom. The maximum atomic E-state index is 6.18. The summed E-state index contributed by atoms with van der Waals surface area (Å²) in [5.74, 6) is 1.98. The summed E-state index contributed by atoms with van der Waals surface area (Å²) in [6.45, 7) is 10.6. The molecule has 0 atom stereocenters. The molecule has 0 aliphatic carbocycles. The molecule has 1 aromatic carbocycles. The first-order chi connectivity index (χ1) is 9.74. The van der Waals surface area contributed by atoms with E-state index in [1.807, 2.05) is 20.0 Å². The predicted molar refractivity (Wildman–Crippen MR) is 87.5 cm³/mol. The van der Waals surface area contributed by atoms with Crippen LogP contribution in [0.25, 0.3) is 0 Å². The third kappa shape index (κ3) is 3.24. The zero-order valence-electron chi connectivity index (χ0n) is 13.6. The first-order valence-electron chi connectivity index (χ1n) is 7.11. The van der Waals surface area contributed by atoms with Crippen LogP contribution in [0.3, 0.4) is 0 Å². The summed E-state index contributed by atoms with van der Waals surface area (Å²) in [6.07, 6.45) is 0. The Kier molecular flexibility index (Phi) is 4.33. The summed E-state index contributed by atoms with van der Waals surface area (Å²) in [6, 6.07) is 6.27. The molecule has 0 unspecified atom stereocenters. The van der Waals surface area contributed by atoms with E-state index in [2.05, 4.69) is 44.9 Å². The SMILES string of the molecule is Cc1ccc(Oc2c(CCl)c(C)nn2C)c(C(C)(C)C)c1. The van der Waals surface area contributed by atoms with Crippen LogP contribution in [-0.4, -0.2) is 9.78 Å². The number of nitrogens with zero attached hydrogens (tertiary/aromatic N) is 2. The van der Waals surface area contributed by atoms with E-state index in [-0.39, 0.29) is 5.41 Å². The number of hydrogen-bond acceptors (Lipinski definition) is 2. The molecule has 0 N–H and O–H groups in total. The first-order valence-corrected chi connectivity index (χ1v) is 7.65. The fourth-order valence-corrected chi connectivity index (χ4v) is 2.69. The third-order valence-corrected chi connectivity index (χ3v) is 3.84. The fourth-order valence-electron chi connectivity index (χ4n) is 2.39. The quantitative estimate of drug-likeness (QED) is 0.757. The van der Waals surface area contributed by atoms with Gasteiger partial charge in [-0.15, -0.1) is 11.6 Å². The minimum Gasteiger partial charge on any atom is -0.439 e. The second kappa shape index (κ2) is 5.72. The molecule has 3 nitrogen and oxygen atoms in total. The summed E-state index contributed by atoms with van der Waals surface area (Å²) in [5, 5.41) is 4.39. The topological polar surface area (TPSA) is 27.1 Å². The molecule has 0 saturated heterocycles. The molecule has 0 bridgehead atoms. The number of ether oxygens (including phenoxy) is 1. The lowest BCUT2D eigenvalue weighted by Gasteiger charge is -2.23. The monoisotopic (exact) mass is 306 g/mol. The van der Waals surface area contributed by atoms with Crippen LogP contribution >= 0.6 is 11.6 Å². The van der Waals surface area contributed by atoms with Gasteiger partial charge in [0.1, 0.15) is 5.75 Å². The van der Waals surface area contributed by atoms with Gasteiger partial charge in [-0.1, -0.05) is 38.5 Å². The van der Waals surface area contributed by atoms with Crippen LogP contribution in [0.5, 0.6) is 11.6 Å². The summed E-state index contributed by atoms with van der Waals surface area (Å²) in [4.78, 5) is 0. The highest BCUT2D eigenvalue weighted by molar-refractivity contribution is 6.17. The van der Waals surface area contributed by atoms with Gasteiger partial charge in [0.05, 0.1) is 17.1 Å². The smallest absolute Gasteiger partial charge is 0.222 e. The van der Waals surface area contributed by atoms with Gasteiger partial charge in [0.2, 0.25) is 5.88 Å². The molecule has 1 heterocycles. The largest absolute Gasteiger partial charge is 0.439 e. The van der Waals surface area contributed by atoms with Crippen LogP contribution in [0.4, 0.5) is 0 Å².